The molecule has 0 fully saturated rings. The van der Waals surface area contributed by atoms with E-state index in [1.54, 1.807) is 13.0 Å². The first kappa shape index (κ1) is 17.9. The van der Waals surface area contributed by atoms with E-state index in [4.69, 9.17) is 10.4 Å². The predicted octanol–water partition coefficient (Wildman–Crippen LogP) is 2.17. The van der Waals surface area contributed by atoms with Gasteiger partial charge in [-0.2, -0.15) is 5.26 Å². The van der Waals surface area contributed by atoms with Gasteiger partial charge in [0.1, 0.15) is 17.6 Å². The van der Waals surface area contributed by atoms with E-state index in [1.165, 1.54) is 30.7 Å². The number of carboxylic acid groups (broad SMARTS) is 1. The van der Waals surface area contributed by atoms with Gasteiger partial charge in [-0.05, 0) is 37.6 Å². The number of halogens is 1. The molecule has 7 nitrogen and oxygen atoms in total. The lowest BCUT2D eigenvalue weighted by molar-refractivity contribution is -0.131. The van der Waals surface area contributed by atoms with Crippen molar-refractivity contribution in [2.24, 2.45) is 7.05 Å². The number of nitrogens with one attached hydrogen (secondary N) is 1. The maximum Gasteiger partial charge on any atom is 0.378 e. The minimum absolute atomic E-state index is 0.0908. The van der Waals surface area contributed by atoms with Crippen LogP contribution in [0.15, 0.2) is 18.2 Å². The third-order valence-corrected chi connectivity index (χ3v) is 3.91. The summed E-state index contributed by atoms with van der Waals surface area (Å²) in [7, 11) is 1.49. The van der Waals surface area contributed by atoms with E-state index in [2.05, 4.69) is 5.32 Å². The molecule has 0 aliphatic carbocycles. The first-order chi connectivity index (χ1) is 11.7. The normalized spacial score (nSPS) is 10.2. The quantitative estimate of drug-likeness (QED) is 0.653. The molecule has 0 atom stereocenters. The summed E-state index contributed by atoms with van der Waals surface area (Å²) in [5.41, 5.74) is 0.675. The molecule has 0 saturated carbocycles. The van der Waals surface area contributed by atoms with Crippen molar-refractivity contribution >= 4 is 23.3 Å². The zero-order valence-corrected chi connectivity index (χ0v) is 13.7. The largest absolute Gasteiger partial charge is 0.475 e. The van der Waals surface area contributed by atoms with Crippen LogP contribution < -0.4 is 5.32 Å². The highest BCUT2D eigenvalue weighted by molar-refractivity contribution is 6.40. The second-order valence-corrected chi connectivity index (χ2v) is 5.39. The number of hydrogen-bond acceptors (Lipinski definition) is 4. The third kappa shape index (κ3) is 3.12. The first-order valence-corrected chi connectivity index (χ1v) is 7.13. The van der Waals surface area contributed by atoms with Gasteiger partial charge in [0.15, 0.2) is 0 Å². The summed E-state index contributed by atoms with van der Waals surface area (Å²) in [5, 5.41) is 20.3. The average Bonchev–Trinajstić information content (AvgIpc) is 2.78. The molecule has 8 heteroatoms. The molecular weight excluding hydrogens is 329 g/mol. The lowest BCUT2D eigenvalue weighted by atomic mass is 10.1. The number of Topliss-reactive ketones (excluding diaryl/α,β-unsaturated/α-hetero) is 1. The molecule has 1 aromatic heterocycles. The second kappa shape index (κ2) is 6.57. The van der Waals surface area contributed by atoms with Crippen LogP contribution in [0.5, 0.6) is 0 Å². The molecule has 1 heterocycles. The first-order valence-electron chi connectivity index (χ1n) is 7.13. The Morgan fingerprint density at radius 1 is 1.28 bits per heavy atom. The van der Waals surface area contributed by atoms with Crippen LogP contribution >= 0.6 is 0 Å². The molecule has 0 spiro atoms. The number of nitriles is 1. The summed E-state index contributed by atoms with van der Waals surface area (Å²) in [6.07, 6.45) is 0. The van der Waals surface area contributed by atoms with Crippen LogP contribution in [0.3, 0.4) is 0 Å². The molecule has 1 amide bonds. The van der Waals surface area contributed by atoms with Gasteiger partial charge in [0, 0.05) is 18.4 Å². The standard InChI is InChI=1S/C17H14FN3O4/c1-8-13(9(2)21(3)14(8)15(22)17(24)25)16(23)20-11-4-5-12(18)10(6-11)7-19/h4-6H,1-3H3,(H,20,23)(H,24,25). The van der Waals surface area contributed by atoms with Crippen molar-refractivity contribution in [1.82, 2.24) is 4.57 Å². The summed E-state index contributed by atoms with van der Waals surface area (Å²) >= 11 is 0. The van der Waals surface area contributed by atoms with Crippen LogP contribution in [0, 0.1) is 31.0 Å². The molecule has 25 heavy (non-hydrogen) atoms. The molecule has 2 aromatic rings. The topological polar surface area (TPSA) is 112 Å². The van der Waals surface area contributed by atoms with Crippen molar-refractivity contribution in [3.63, 3.8) is 0 Å². The molecule has 0 aliphatic heterocycles. The van der Waals surface area contributed by atoms with Crippen molar-refractivity contribution in [2.45, 2.75) is 13.8 Å². The highest BCUT2D eigenvalue weighted by atomic mass is 19.1. The number of carbonyl (C=O) groups is 3. The summed E-state index contributed by atoms with van der Waals surface area (Å²) < 4.78 is 14.7. The van der Waals surface area contributed by atoms with E-state index >= 15 is 0 Å². The Morgan fingerprint density at radius 2 is 1.92 bits per heavy atom. The van der Waals surface area contributed by atoms with Gasteiger partial charge in [-0.15, -0.1) is 0 Å². The lowest BCUT2D eigenvalue weighted by Gasteiger charge is -2.07. The maximum atomic E-state index is 13.3. The van der Waals surface area contributed by atoms with Gasteiger partial charge in [-0.25, -0.2) is 9.18 Å². The van der Waals surface area contributed by atoms with Gasteiger partial charge in [0.05, 0.1) is 11.1 Å². The average molecular weight is 343 g/mol. The molecule has 128 valence electrons. The molecule has 0 unspecified atom stereocenters. The van der Waals surface area contributed by atoms with Gasteiger partial charge in [0.2, 0.25) is 0 Å². The summed E-state index contributed by atoms with van der Waals surface area (Å²) in [6, 6.07) is 5.21. The van der Waals surface area contributed by atoms with Gasteiger partial charge in [-0.3, -0.25) is 9.59 Å². The number of amides is 1. The molecule has 0 saturated heterocycles. The summed E-state index contributed by atoms with van der Waals surface area (Å²) in [6.45, 7) is 3.05. The summed E-state index contributed by atoms with van der Waals surface area (Å²) in [5.74, 6) is -4.03. The van der Waals surface area contributed by atoms with E-state index in [-0.39, 0.29) is 28.1 Å². The van der Waals surface area contributed by atoms with Gasteiger partial charge in [-0.1, -0.05) is 0 Å². The van der Waals surface area contributed by atoms with Gasteiger partial charge >= 0.3 is 5.97 Å². The van der Waals surface area contributed by atoms with Crippen LogP contribution in [-0.4, -0.2) is 27.3 Å². The third-order valence-electron chi connectivity index (χ3n) is 3.91. The number of aromatic nitrogens is 1. The minimum atomic E-state index is -1.62. The number of carbonyl (C=O) groups excluding carboxylic acids is 2. The number of aliphatic carboxylic acids is 1. The van der Waals surface area contributed by atoms with Crippen LogP contribution in [-0.2, 0) is 11.8 Å². The molecule has 2 rings (SSSR count). The molecule has 0 bridgehead atoms. The lowest BCUT2D eigenvalue weighted by Crippen LogP contribution is -2.17. The Balaban J connectivity index is 2.44. The van der Waals surface area contributed by atoms with E-state index in [0.29, 0.717) is 5.69 Å². The minimum Gasteiger partial charge on any atom is -0.475 e. The highest BCUT2D eigenvalue weighted by Crippen LogP contribution is 2.23. The molecular formula is C17H14FN3O4. The van der Waals surface area contributed by atoms with Crippen LogP contribution in [0.25, 0.3) is 0 Å². The predicted molar refractivity (Wildman–Crippen MR) is 85.9 cm³/mol. The number of ketones is 1. The molecule has 0 radical (unpaired) electrons. The zero-order valence-electron chi connectivity index (χ0n) is 13.7. The maximum absolute atomic E-state index is 13.3. The molecule has 1 aromatic carbocycles. The molecule has 0 aliphatic rings. The van der Waals surface area contributed by atoms with E-state index in [1.807, 2.05) is 0 Å². The van der Waals surface area contributed by atoms with E-state index in [9.17, 15) is 18.8 Å². The Labute approximate surface area is 142 Å². The number of nitrogens with zero attached hydrogens (tertiary/aromatic N) is 2. The Kier molecular flexibility index (Phi) is 4.70. The number of carboxylic acids is 1. The SMILES string of the molecule is Cc1c(C(=O)Nc2ccc(F)c(C#N)c2)c(C)n(C)c1C(=O)C(=O)O. The van der Waals surface area contributed by atoms with E-state index in [0.717, 1.165) is 6.07 Å². The zero-order chi connectivity index (χ0) is 18.9. The fraction of sp³-hybridized carbons (Fsp3) is 0.176. The Hall–Kier alpha value is -3.47. The number of rotatable bonds is 4. The van der Waals surface area contributed by atoms with Crippen LogP contribution in [0.1, 0.15) is 37.7 Å². The second-order valence-electron chi connectivity index (χ2n) is 5.39. The monoisotopic (exact) mass is 343 g/mol. The van der Waals surface area contributed by atoms with Crippen molar-refractivity contribution in [1.29, 1.82) is 5.26 Å². The Morgan fingerprint density at radius 3 is 2.48 bits per heavy atom. The van der Waals surface area contributed by atoms with Crippen LogP contribution in [0.2, 0.25) is 0 Å². The summed E-state index contributed by atoms with van der Waals surface area (Å²) in [4.78, 5) is 35.3. The Bertz CT molecular complexity index is 954. The number of anilines is 1. The van der Waals surface area contributed by atoms with Gasteiger partial charge < -0.3 is 15.0 Å². The van der Waals surface area contributed by atoms with E-state index < -0.39 is 23.5 Å². The van der Waals surface area contributed by atoms with Crippen LogP contribution in [0.4, 0.5) is 10.1 Å². The van der Waals surface area contributed by atoms with Crippen molar-refractivity contribution in [3.8, 4) is 6.07 Å². The fourth-order valence-electron chi connectivity index (χ4n) is 2.62. The van der Waals surface area contributed by atoms with Crippen molar-refractivity contribution in [2.75, 3.05) is 5.32 Å². The van der Waals surface area contributed by atoms with Gasteiger partial charge in [0.25, 0.3) is 11.7 Å². The number of hydrogen-bond donors (Lipinski definition) is 2. The fourth-order valence-corrected chi connectivity index (χ4v) is 2.62. The van der Waals surface area contributed by atoms with Crippen molar-refractivity contribution < 1.29 is 23.9 Å². The smallest absolute Gasteiger partial charge is 0.378 e. The highest BCUT2D eigenvalue weighted by Gasteiger charge is 2.28. The molecule has 2 N–H and O–H groups in total. The number of benzene rings is 1. The van der Waals surface area contributed by atoms with Crippen molar-refractivity contribution in [3.05, 3.63) is 52.1 Å².